The van der Waals surface area contributed by atoms with Crippen molar-refractivity contribution in [2.24, 2.45) is 0 Å². The second-order valence-electron chi connectivity index (χ2n) is 12.9. The van der Waals surface area contributed by atoms with Crippen LogP contribution in [-0.2, 0) is 5.41 Å². The lowest BCUT2D eigenvalue weighted by Gasteiger charge is -2.39. The zero-order valence-electron chi connectivity index (χ0n) is 26.8. The molecule has 2 nitrogen and oxygen atoms in total. The lowest BCUT2D eigenvalue weighted by molar-refractivity contribution is 0.436. The zero-order valence-corrected chi connectivity index (χ0v) is 26.8. The van der Waals surface area contributed by atoms with Crippen LogP contribution >= 0.6 is 0 Å². The zero-order chi connectivity index (χ0) is 32.4. The van der Waals surface area contributed by atoms with Crippen molar-refractivity contribution in [3.8, 4) is 33.8 Å². The van der Waals surface area contributed by atoms with Crippen molar-refractivity contribution < 1.29 is 4.74 Å². The Bertz CT molecular complexity index is 2490. The lowest BCUT2D eigenvalue weighted by Crippen LogP contribution is -2.32. The first-order valence-corrected chi connectivity index (χ1v) is 16.9. The molecule has 2 heteroatoms. The van der Waals surface area contributed by atoms with Crippen LogP contribution in [0, 0.1) is 0 Å². The second-order valence-corrected chi connectivity index (χ2v) is 12.9. The quantitative estimate of drug-likeness (QED) is 0.193. The number of para-hydroxylation sites is 3. The van der Waals surface area contributed by atoms with Gasteiger partial charge in [-0.25, -0.2) is 0 Å². The maximum Gasteiger partial charge on any atom is 0.132 e. The highest BCUT2D eigenvalue weighted by Gasteiger charge is 2.51. The van der Waals surface area contributed by atoms with Gasteiger partial charge < -0.3 is 9.64 Å². The Balaban J connectivity index is 1.20. The van der Waals surface area contributed by atoms with Gasteiger partial charge in [-0.05, 0) is 87.1 Å². The number of fused-ring (bicyclic) bond motifs is 10. The van der Waals surface area contributed by atoms with E-state index >= 15 is 0 Å². The standard InChI is InChI=1S/C47H31NO/c1-2-15-36(16-3-1)48(37-29-27-33(28-30-37)35-26-25-32-13-4-5-14-34(32)31-35)43-22-12-21-42-46(43)38-17-6-7-18-39(38)47(42)40-19-8-10-23-44(40)49-45-24-11-9-20-41(45)47/h1-31H. The smallest absolute Gasteiger partial charge is 0.132 e. The summed E-state index contributed by atoms with van der Waals surface area (Å²) in [4.78, 5) is 2.41. The van der Waals surface area contributed by atoms with Crippen molar-refractivity contribution in [2.45, 2.75) is 5.41 Å². The highest BCUT2D eigenvalue weighted by Crippen LogP contribution is 2.64. The molecule has 0 atom stereocenters. The predicted octanol–water partition coefficient (Wildman–Crippen LogP) is 12.4. The first-order chi connectivity index (χ1) is 24.3. The van der Waals surface area contributed by atoms with Crippen LogP contribution in [0.5, 0.6) is 11.5 Å². The van der Waals surface area contributed by atoms with Crippen LogP contribution in [0.4, 0.5) is 17.1 Å². The summed E-state index contributed by atoms with van der Waals surface area (Å²) in [6, 6.07) is 67.8. The Kier molecular flexibility index (Phi) is 6.13. The number of rotatable bonds is 4. The molecule has 8 aromatic rings. The molecule has 0 amide bonds. The molecule has 1 heterocycles. The van der Waals surface area contributed by atoms with E-state index in [1.54, 1.807) is 0 Å². The minimum Gasteiger partial charge on any atom is -0.457 e. The fraction of sp³-hybridized carbons (Fsp3) is 0.0213. The highest BCUT2D eigenvalue weighted by atomic mass is 16.5. The maximum absolute atomic E-state index is 6.57. The van der Waals surface area contributed by atoms with Gasteiger partial charge in [0, 0.05) is 28.1 Å². The van der Waals surface area contributed by atoms with E-state index in [2.05, 4.69) is 193 Å². The van der Waals surface area contributed by atoms with E-state index in [9.17, 15) is 0 Å². The third-order valence-electron chi connectivity index (χ3n) is 10.3. The van der Waals surface area contributed by atoms with Crippen LogP contribution in [0.3, 0.4) is 0 Å². The fourth-order valence-electron chi connectivity index (χ4n) is 8.25. The Morgan fingerprint density at radius 2 is 0.959 bits per heavy atom. The molecule has 1 spiro atoms. The molecule has 0 saturated carbocycles. The molecule has 49 heavy (non-hydrogen) atoms. The SMILES string of the molecule is c1ccc(N(c2ccc(-c3ccc4ccccc4c3)cc2)c2cccc3c2-c2ccccc2C32c3ccccc3Oc3ccccc32)cc1. The summed E-state index contributed by atoms with van der Waals surface area (Å²) in [6.07, 6.45) is 0. The molecule has 2 aliphatic rings. The summed E-state index contributed by atoms with van der Waals surface area (Å²) in [5.74, 6) is 1.80. The van der Waals surface area contributed by atoms with E-state index < -0.39 is 5.41 Å². The van der Waals surface area contributed by atoms with Crippen molar-refractivity contribution in [3.63, 3.8) is 0 Å². The Labute approximate surface area is 286 Å². The van der Waals surface area contributed by atoms with Crippen LogP contribution in [0.25, 0.3) is 33.0 Å². The van der Waals surface area contributed by atoms with Crippen molar-refractivity contribution in [2.75, 3.05) is 4.90 Å². The van der Waals surface area contributed by atoms with Gasteiger partial charge in [-0.15, -0.1) is 0 Å². The van der Waals surface area contributed by atoms with E-state index in [-0.39, 0.29) is 0 Å². The predicted molar refractivity (Wildman–Crippen MR) is 201 cm³/mol. The third kappa shape index (κ3) is 4.07. The van der Waals surface area contributed by atoms with Gasteiger partial charge in [-0.3, -0.25) is 0 Å². The Morgan fingerprint density at radius 3 is 1.71 bits per heavy atom. The number of hydrogen-bond acceptors (Lipinski definition) is 2. The molecule has 1 aliphatic carbocycles. The fourth-order valence-corrected chi connectivity index (χ4v) is 8.25. The first-order valence-electron chi connectivity index (χ1n) is 16.9. The van der Waals surface area contributed by atoms with Gasteiger partial charge in [0.1, 0.15) is 11.5 Å². The molecule has 10 rings (SSSR count). The van der Waals surface area contributed by atoms with Crippen molar-refractivity contribution >= 4 is 27.8 Å². The van der Waals surface area contributed by atoms with Crippen LogP contribution in [-0.4, -0.2) is 0 Å². The summed E-state index contributed by atoms with van der Waals surface area (Å²) in [7, 11) is 0. The van der Waals surface area contributed by atoms with E-state index in [0.29, 0.717) is 0 Å². The van der Waals surface area contributed by atoms with E-state index in [1.807, 2.05) is 0 Å². The van der Waals surface area contributed by atoms with Crippen LogP contribution in [0.2, 0.25) is 0 Å². The molecule has 0 bridgehead atoms. The van der Waals surface area contributed by atoms with E-state index in [1.165, 1.54) is 55.3 Å². The summed E-state index contributed by atoms with van der Waals surface area (Å²) < 4.78 is 6.57. The molecule has 230 valence electrons. The molecule has 0 saturated heterocycles. The van der Waals surface area contributed by atoms with Gasteiger partial charge in [0.15, 0.2) is 0 Å². The molecular weight excluding hydrogens is 595 g/mol. The number of benzene rings is 8. The highest BCUT2D eigenvalue weighted by molar-refractivity contribution is 5.98. The molecule has 8 aromatic carbocycles. The van der Waals surface area contributed by atoms with Crippen LogP contribution < -0.4 is 9.64 Å². The number of anilines is 3. The lowest BCUT2D eigenvalue weighted by atomic mass is 9.66. The van der Waals surface area contributed by atoms with Gasteiger partial charge in [-0.2, -0.15) is 0 Å². The first kappa shape index (κ1) is 27.7. The third-order valence-corrected chi connectivity index (χ3v) is 10.3. The average Bonchev–Trinajstić information content (AvgIpc) is 3.47. The normalized spacial score (nSPS) is 13.2. The van der Waals surface area contributed by atoms with E-state index in [4.69, 9.17) is 4.74 Å². The minimum atomic E-state index is -0.518. The second kappa shape index (κ2) is 10.8. The topological polar surface area (TPSA) is 12.5 Å². The molecule has 0 unspecified atom stereocenters. The summed E-state index contributed by atoms with van der Waals surface area (Å²) >= 11 is 0. The van der Waals surface area contributed by atoms with Crippen molar-refractivity contribution in [1.29, 1.82) is 0 Å². The molecular formula is C47H31NO. The minimum absolute atomic E-state index is 0.518. The van der Waals surface area contributed by atoms with Gasteiger partial charge in [0.2, 0.25) is 0 Å². The molecule has 0 radical (unpaired) electrons. The molecule has 0 fully saturated rings. The molecule has 0 aromatic heterocycles. The van der Waals surface area contributed by atoms with Gasteiger partial charge in [0.05, 0.1) is 11.1 Å². The summed E-state index contributed by atoms with van der Waals surface area (Å²) in [5, 5.41) is 2.50. The van der Waals surface area contributed by atoms with Crippen molar-refractivity contribution in [3.05, 3.63) is 210 Å². The largest absolute Gasteiger partial charge is 0.457 e. The number of ether oxygens (including phenoxy) is 1. The van der Waals surface area contributed by atoms with E-state index in [0.717, 1.165) is 28.6 Å². The number of nitrogens with zero attached hydrogens (tertiary/aromatic N) is 1. The average molecular weight is 626 g/mol. The van der Waals surface area contributed by atoms with Crippen molar-refractivity contribution in [1.82, 2.24) is 0 Å². The van der Waals surface area contributed by atoms with Gasteiger partial charge >= 0.3 is 0 Å². The Hall–Kier alpha value is -6.38. The maximum atomic E-state index is 6.57. The Morgan fingerprint density at radius 1 is 0.388 bits per heavy atom. The molecule has 1 aliphatic heterocycles. The number of hydrogen-bond donors (Lipinski definition) is 0. The molecule has 0 N–H and O–H groups in total. The summed E-state index contributed by atoms with van der Waals surface area (Å²) in [5.41, 5.74) is 12.6. The van der Waals surface area contributed by atoms with Gasteiger partial charge in [-0.1, -0.05) is 140 Å². The van der Waals surface area contributed by atoms with Gasteiger partial charge in [0.25, 0.3) is 0 Å². The summed E-state index contributed by atoms with van der Waals surface area (Å²) in [6.45, 7) is 0. The van der Waals surface area contributed by atoms with Crippen LogP contribution in [0.15, 0.2) is 188 Å². The van der Waals surface area contributed by atoms with Crippen LogP contribution in [0.1, 0.15) is 22.3 Å². The monoisotopic (exact) mass is 625 g/mol.